The van der Waals surface area contributed by atoms with Crippen molar-refractivity contribution >= 4 is 40.4 Å². The number of nitrogens with two attached hydrogens (primary N) is 1. The van der Waals surface area contributed by atoms with Gasteiger partial charge >= 0.3 is 0 Å². The van der Waals surface area contributed by atoms with Crippen molar-refractivity contribution in [3.05, 3.63) is 46.1 Å². The molecule has 1 aromatic heterocycles. The number of nitrogens with one attached hydrogen (secondary N) is 1. The van der Waals surface area contributed by atoms with Crippen LogP contribution in [-0.2, 0) is 0 Å². The number of pyridine rings is 1. The molecule has 5 heteroatoms. The SMILES string of the molecule is Cc1ccc(Nc2nc(Cl)ccc2N)cc1Cl. The number of nitrogens with zero attached hydrogens (tertiary/aromatic N) is 1. The lowest BCUT2D eigenvalue weighted by atomic mass is 10.2. The summed E-state index contributed by atoms with van der Waals surface area (Å²) >= 11 is 11.8. The number of nitrogen functional groups attached to an aromatic ring is 1. The Morgan fingerprint density at radius 2 is 1.94 bits per heavy atom. The van der Waals surface area contributed by atoms with E-state index in [-0.39, 0.29) is 0 Å². The van der Waals surface area contributed by atoms with E-state index < -0.39 is 0 Å². The first kappa shape index (κ1) is 12.0. The van der Waals surface area contributed by atoms with E-state index in [0.717, 1.165) is 11.3 Å². The van der Waals surface area contributed by atoms with Crippen molar-refractivity contribution in [2.45, 2.75) is 6.92 Å². The van der Waals surface area contributed by atoms with Gasteiger partial charge in [0.25, 0.3) is 0 Å². The Morgan fingerprint density at radius 3 is 2.65 bits per heavy atom. The molecule has 2 aromatic rings. The standard InChI is InChI=1S/C12H11Cl2N3/c1-7-2-3-8(6-9(7)13)16-12-10(15)4-5-11(14)17-12/h2-6H,15H2,1H3,(H,16,17). The number of benzene rings is 1. The maximum absolute atomic E-state index is 6.03. The molecule has 0 fully saturated rings. The van der Waals surface area contributed by atoms with Gasteiger partial charge in [0.05, 0.1) is 5.69 Å². The zero-order valence-corrected chi connectivity index (χ0v) is 10.7. The average molecular weight is 268 g/mol. The van der Waals surface area contributed by atoms with Gasteiger partial charge < -0.3 is 11.1 Å². The van der Waals surface area contributed by atoms with Gasteiger partial charge in [-0.2, -0.15) is 0 Å². The summed E-state index contributed by atoms with van der Waals surface area (Å²) in [7, 11) is 0. The molecule has 0 saturated carbocycles. The largest absolute Gasteiger partial charge is 0.396 e. The predicted octanol–water partition coefficient (Wildman–Crippen LogP) is 4.02. The summed E-state index contributed by atoms with van der Waals surface area (Å²) in [5, 5.41) is 4.16. The Bertz CT molecular complexity index is 555. The first-order chi connectivity index (χ1) is 8.06. The summed E-state index contributed by atoms with van der Waals surface area (Å²) in [5.41, 5.74) is 8.16. The van der Waals surface area contributed by atoms with Crippen molar-refractivity contribution in [3.63, 3.8) is 0 Å². The summed E-state index contributed by atoms with van der Waals surface area (Å²) in [6, 6.07) is 8.99. The molecule has 0 aliphatic carbocycles. The van der Waals surface area contributed by atoms with Crippen molar-refractivity contribution in [1.29, 1.82) is 0 Å². The highest BCUT2D eigenvalue weighted by atomic mass is 35.5. The fourth-order valence-corrected chi connectivity index (χ4v) is 1.68. The highest BCUT2D eigenvalue weighted by Gasteiger charge is 2.04. The molecule has 0 bridgehead atoms. The molecular weight excluding hydrogens is 257 g/mol. The lowest BCUT2D eigenvalue weighted by Crippen LogP contribution is -1.99. The van der Waals surface area contributed by atoms with Crippen molar-refractivity contribution in [1.82, 2.24) is 4.98 Å². The smallest absolute Gasteiger partial charge is 0.155 e. The predicted molar refractivity (Wildman–Crippen MR) is 73.1 cm³/mol. The molecule has 0 amide bonds. The lowest BCUT2D eigenvalue weighted by Gasteiger charge is -2.09. The van der Waals surface area contributed by atoms with Crippen LogP contribution in [0.1, 0.15) is 5.56 Å². The molecule has 17 heavy (non-hydrogen) atoms. The first-order valence-electron chi connectivity index (χ1n) is 5.01. The summed E-state index contributed by atoms with van der Waals surface area (Å²) in [6.45, 7) is 1.94. The van der Waals surface area contributed by atoms with Gasteiger partial charge in [0.2, 0.25) is 0 Å². The second-order valence-electron chi connectivity index (χ2n) is 3.66. The molecule has 1 heterocycles. The highest BCUT2D eigenvalue weighted by molar-refractivity contribution is 6.31. The number of hydrogen-bond acceptors (Lipinski definition) is 3. The van der Waals surface area contributed by atoms with Crippen LogP contribution >= 0.6 is 23.2 Å². The number of aryl methyl sites for hydroxylation is 1. The van der Waals surface area contributed by atoms with Gasteiger partial charge in [-0.3, -0.25) is 0 Å². The van der Waals surface area contributed by atoms with Gasteiger partial charge in [0.15, 0.2) is 5.82 Å². The maximum Gasteiger partial charge on any atom is 0.155 e. The molecule has 0 aliphatic rings. The average Bonchev–Trinajstić information content (AvgIpc) is 2.29. The summed E-state index contributed by atoms with van der Waals surface area (Å²) in [5.74, 6) is 0.525. The second-order valence-corrected chi connectivity index (χ2v) is 4.46. The molecule has 3 N–H and O–H groups in total. The van der Waals surface area contributed by atoms with Crippen LogP contribution in [0.4, 0.5) is 17.2 Å². The number of halogens is 2. The van der Waals surface area contributed by atoms with Gasteiger partial charge in [-0.05, 0) is 36.8 Å². The lowest BCUT2D eigenvalue weighted by molar-refractivity contribution is 1.31. The monoisotopic (exact) mass is 267 g/mol. The van der Waals surface area contributed by atoms with Crippen LogP contribution in [0.2, 0.25) is 10.2 Å². The molecule has 88 valence electrons. The fourth-order valence-electron chi connectivity index (χ4n) is 1.35. The number of anilines is 3. The highest BCUT2D eigenvalue weighted by Crippen LogP contribution is 2.26. The first-order valence-corrected chi connectivity index (χ1v) is 5.77. The number of aromatic nitrogens is 1. The van der Waals surface area contributed by atoms with Crippen molar-refractivity contribution in [2.75, 3.05) is 11.1 Å². The molecule has 3 nitrogen and oxygen atoms in total. The van der Waals surface area contributed by atoms with Crippen LogP contribution < -0.4 is 11.1 Å². The third-order valence-electron chi connectivity index (χ3n) is 2.33. The molecule has 0 saturated heterocycles. The number of hydrogen-bond donors (Lipinski definition) is 2. The van der Waals surface area contributed by atoms with Crippen molar-refractivity contribution < 1.29 is 0 Å². The molecule has 0 radical (unpaired) electrons. The molecule has 0 spiro atoms. The minimum absolute atomic E-state index is 0.389. The molecule has 0 aliphatic heterocycles. The normalized spacial score (nSPS) is 10.3. The van der Waals surface area contributed by atoms with E-state index in [1.54, 1.807) is 12.1 Å². The van der Waals surface area contributed by atoms with Crippen molar-refractivity contribution in [3.8, 4) is 0 Å². The zero-order valence-electron chi connectivity index (χ0n) is 9.17. The van der Waals surface area contributed by atoms with E-state index in [4.69, 9.17) is 28.9 Å². The third-order valence-corrected chi connectivity index (χ3v) is 2.94. The summed E-state index contributed by atoms with van der Waals surface area (Å²) < 4.78 is 0. The quantitative estimate of drug-likeness (QED) is 0.808. The maximum atomic E-state index is 6.03. The van der Waals surface area contributed by atoms with Gasteiger partial charge in [-0.15, -0.1) is 0 Å². The van der Waals surface area contributed by atoms with E-state index in [0.29, 0.717) is 21.7 Å². The van der Waals surface area contributed by atoms with Crippen LogP contribution in [0.3, 0.4) is 0 Å². The fraction of sp³-hybridized carbons (Fsp3) is 0.0833. The number of rotatable bonds is 2. The van der Waals surface area contributed by atoms with Gasteiger partial charge in [-0.25, -0.2) is 4.98 Å². The van der Waals surface area contributed by atoms with E-state index in [1.807, 2.05) is 25.1 Å². The van der Waals surface area contributed by atoms with E-state index in [1.165, 1.54) is 0 Å². The van der Waals surface area contributed by atoms with Crippen LogP contribution in [0, 0.1) is 6.92 Å². The van der Waals surface area contributed by atoms with Crippen LogP contribution in [0.25, 0.3) is 0 Å². The molecular formula is C12H11Cl2N3. The molecule has 0 atom stereocenters. The second kappa shape index (κ2) is 4.82. The molecule has 2 rings (SSSR count). The zero-order chi connectivity index (χ0) is 12.4. The minimum Gasteiger partial charge on any atom is -0.396 e. The minimum atomic E-state index is 0.389. The Morgan fingerprint density at radius 1 is 1.18 bits per heavy atom. The van der Waals surface area contributed by atoms with E-state index in [2.05, 4.69) is 10.3 Å². The van der Waals surface area contributed by atoms with Gasteiger partial charge in [0.1, 0.15) is 5.15 Å². The Balaban J connectivity index is 2.31. The van der Waals surface area contributed by atoms with E-state index in [9.17, 15) is 0 Å². The molecule has 0 unspecified atom stereocenters. The third kappa shape index (κ3) is 2.81. The summed E-state index contributed by atoms with van der Waals surface area (Å²) in [4.78, 5) is 4.11. The van der Waals surface area contributed by atoms with Crippen LogP contribution in [-0.4, -0.2) is 4.98 Å². The van der Waals surface area contributed by atoms with Gasteiger partial charge in [0, 0.05) is 10.7 Å². The summed E-state index contributed by atoms with van der Waals surface area (Å²) in [6.07, 6.45) is 0. The molecule has 1 aromatic carbocycles. The van der Waals surface area contributed by atoms with Gasteiger partial charge in [-0.1, -0.05) is 29.3 Å². The Labute approximate surface area is 110 Å². The van der Waals surface area contributed by atoms with E-state index >= 15 is 0 Å². The van der Waals surface area contributed by atoms with Crippen LogP contribution in [0.5, 0.6) is 0 Å². The Kier molecular flexibility index (Phi) is 3.41. The van der Waals surface area contributed by atoms with Crippen LogP contribution in [0.15, 0.2) is 30.3 Å². The Hall–Kier alpha value is -1.45. The topological polar surface area (TPSA) is 50.9 Å². The van der Waals surface area contributed by atoms with Crippen molar-refractivity contribution in [2.24, 2.45) is 0 Å².